The van der Waals surface area contributed by atoms with Crippen LogP contribution in [0.3, 0.4) is 0 Å². The van der Waals surface area contributed by atoms with E-state index in [2.05, 4.69) is 4.74 Å². The van der Waals surface area contributed by atoms with Gasteiger partial charge in [0, 0.05) is 13.2 Å². The van der Waals surface area contributed by atoms with Gasteiger partial charge in [0.25, 0.3) is 0 Å². The Labute approximate surface area is 123 Å². The average molecular weight is 340 g/mol. The van der Waals surface area contributed by atoms with Crippen molar-refractivity contribution in [2.45, 2.75) is 50.6 Å². The van der Waals surface area contributed by atoms with Crippen LogP contribution >= 0.6 is 0 Å². The molecule has 0 rings (SSSR count). The van der Waals surface area contributed by atoms with Crippen LogP contribution in [0.4, 0.5) is 26.3 Å². The second-order valence-electron chi connectivity index (χ2n) is 4.49. The van der Waals surface area contributed by atoms with E-state index >= 15 is 0 Å². The van der Waals surface area contributed by atoms with Crippen LogP contribution in [0, 0.1) is 0 Å². The minimum Gasteiger partial charge on any atom is -0.477 e. The van der Waals surface area contributed by atoms with Crippen molar-refractivity contribution in [1.82, 2.24) is 0 Å². The molecule has 0 bridgehead atoms. The minimum absolute atomic E-state index is 0.129. The molecule has 0 fully saturated rings. The Morgan fingerprint density at radius 1 is 0.955 bits per heavy atom. The van der Waals surface area contributed by atoms with Gasteiger partial charge in [-0.15, -0.1) is 0 Å². The number of rotatable bonds is 12. The Morgan fingerprint density at radius 3 is 1.95 bits per heavy atom. The number of ether oxygens (including phenoxy) is 2. The second kappa shape index (κ2) is 8.56. The van der Waals surface area contributed by atoms with Crippen LogP contribution in [-0.2, 0) is 14.3 Å². The molecule has 0 aliphatic heterocycles. The van der Waals surface area contributed by atoms with E-state index in [-0.39, 0.29) is 19.4 Å². The fourth-order valence-electron chi connectivity index (χ4n) is 1.26. The van der Waals surface area contributed by atoms with E-state index in [0.29, 0.717) is 6.61 Å². The van der Waals surface area contributed by atoms with Gasteiger partial charge >= 0.3 is 23.9 Å². The van der Waals surface area contributed by atoms with Crippen molar-refractivity contribution in [3.8, 4) is 0 Å². The molecule has 0 unspecified atom stereocenters. The van der Waals surface area contributed by atoms with Crippen molar-refractivity contribution in [2.24, 2.45) is 0 Å². The third kappa shape index (κ3) is 5.31. The Bertz CT molecular complexity index is 349. The minimum atomic E-state index is -6.16. The number of alkyl halides is 6. The first kappa shape index (κ1) is 21.0. The normalized spacial score (nSPS) is 13.4. The van der Waals surface area contributed by atoms with Crippen LogP contribution in [0.2, 0.25) is 0 Å². The molecule has 0 aliphatic rings. The van der Waals surface area contributed by atoms with Crippen LogP contribution in [0.1, 0.15) is 32.6 Å². The summed E-state index contributed by atoms with van der Waals surface area (Å²) in [6.07, 6.45) is -3.80. The summed E-state index contributed by atoms with van der Waals surface area (Å²) in [7, 11) is 0. The van der Waals surface area contributed by atoms with Crippen LogP contribution in [0.5, 0.6) is 0 Å². The lowest BCUT2D eigenvalue weighted by Crippen LogP contribution is -2.59. The monoisotopic (exact) mass is 340 g/mol. The Morgan fingerprint density at radius 2 is 1.45 bits per heavy atom. The average Bonchev–Trinajstić information content (AvgIpc) is 2.41. The number of aliphatic carboxylic acids is 1. The van der Waals surface area contributed by atoms with Crippen LogP contribution < -0.4 is 0 Å². The third-order valence-electron chi connectivity index (χ3n) is 2.64. The maximum absolute atomic E-state index is 13.0. The van der Waals surface area contributed by atoms with Crippen molar-refractivity contribution < 1.29 is 45.7 Å². The Kier molecular flexibility index (Phi) is 8.16. The van der Waals surface area contributed by atoms with E-state index in [1.165, 1.54) is 0 Å². The number of carboxylic acid groups (broad SMARTS) is 1. The molecular weight excluding hydrogens is 322 g/mol. The molecule has 0 aromatic carbocycles. The summed E-state index contributed by atoms with van der Waals surface area (Å²) >= 11 is 0. The van der Waals surface area contributed by atoms with E-state index in [1.54, 1.807) is 0 Å². The number of unbranched alkanes of at least 4 members (excludes halogenated alkanes) is 2. The van der Waals surface area contributed by atoms with Crippen molar-refractivity contribution in [3.63, 3.8) is 0 Å². The zero-order chi connectivity index (χ0) is 17.4. The summed E-state index contributed by atoms with van der Waals surface area (Å²) in [5.41, 5.74) is 0. The van der Waals surface area contributed by atoms with Gasteiger partial charge in [0.2, 0.25) is 0 Å². The van der Waals surface area contributed by atoms with Gasteiger partial charge in [-0.05, 0) is 19.3 Å². The van der Waals surface area contributed by atoms with E-state index in [0.717, 1.165) is 12.8 Å². The highest BCUT2D eigenvalue weighted by molar-refractivity contribution is 5.76. The Hall–Kier alpha value is -1.03. The standard InChI is InChI=1S/C12H18F6O4/c1-2-3-6-21-7-4-5-8-22-12(17,18)11(15,16)10(13,14)9(19)20/h2-8H2,1H3,(H,19,20). The molecular formula is C12H18F6O4. The molecule has 0 saturated heterocycles. The molecule has 0 amide bonds. The Balaban J connectivity index is 4.26. The molecule has 10 heteroatoms. The summed E-state index contributed by atoms with van der Waals surface area (Å²) in [5, 5.41) is 7.92. The van der Waals surface area contributed by atoms with Gasteiger partial charge in [-0.2, -0.15) is 26.3 Å². The third-order valence-corrected chi connectivity index (χ3v) is 2.64. The summed E-state index contributed by atoms with van der Waals surface area (Å²) in [4.78, 5) is 9.98. The second-order valence-corrected chi connectivity index (χ2v) is 4.49. The first-order valence-corrected chi connectivity index (χ1v) is 6.59. The van der Waals surface area contributed by atoms with Gasteiger partial charge in [0.05, 0.1) is 6.61 Å². The zero-order valence-corrected chi connectivity index (χ0v) is 11.9. The molecule has 22 heavy (non-hydrogen) atoms. The van der Waals surface area contributed by atoms with E-state index in [4.69, 9.17) is 9.84 Å². The number of halogens is 6. The molecule has 0 saturated carbocycles. The maximum atomic E-state index is 13.0. The molecule has 0 spiro atoms. The first-order chi connectivity index (χ1) is 10.0. The predicted molar refractivity (Wildman–Crippen MR) is 63.4 cm³/mol. The van der Waals surface area contributed by atoms with Crippen molar-refractivity contribution in [1.29, 1.82) is 0 Å². The molecule has 0 aliphatic carbocycles. The van der Waals surface area contributed by atoms with E-state index in [9.17, 15) is 31.1 Å². The molecule has 0 aromatic rings. The van der Waals surface area contributed by atoms with Crippen molar-refractivity contribution in [2.75, 3.05) is 19.8 Å². The first-order valence-electron chi connectivity index (χ1n) is 6.59. The molecule has 4 nitrogen and oxygen atoms in total. The highest BCUT2D eigenvalue weighted by Crippen LogP contribution is 2.46. The number of hydrogen-bond donors (Lipinski definition) is 1. The SMILES string of the molecule is CCCCOCCCCOC(F)(F)C(F)(F)C(F)(F)C(=O)O. The van der Waals surface area contributed by atoms with Gasteiger partial charge in [-0.25, -0.2) is 4.79 Å². The van der Waals surface area contributed by atoms with Gasteiger partial charge in [-0.1, -0.05) is 13.3 Å². The summed E-state index contributed by atoms with van der Waals surface area (Å²) in [5.74, 6) is -15.5. The molecule has 132 valence electrons. The number of carbonyl (C=O) groups is 1. The van der Waals surface area contributed by atoms with Gasteiger partial charge in [0.15, 0.2) is 0 Å². The van der Waals surface area contributed by atoms with Crippen molar-refractivity contribution >= 4 is 5.97 Å². The topological polar surface area (TPSA) is 55.8 Å². The molecule has 0 radical (unpaired) electrons. The fourth-order valence-corrected chi connectivity index (χ4v) is 1.26. The highest BCUT2D eigenvalue weighted by Gasteiger charge is 2.76. The summed E-state index contributed by atoms with van der Waals surface area (Å²) in [6, 6.07) is 0. The molecule has 0 heterocycles. The molecule has 0 atom stereocenters. The number of hydrogen-bond acceptors (Lipinski definition) is 3. The quantitative estimate of drug-likeness (QED) is 0.436. The molecule has 0 aromatic heterocycles. The van der Waals surface area contributed by atoms with E-state index < -0.39 is 30.5 Å². The summed E-state index contributed by atoms with van der Waals surface area (Å²) in [6.45, 7) is 1.66. The predicted octanol–water partition coefficient (Wildman–Crippen LogP) is 3.55. The van der Waals surface area contributed by atoms with E-state index in [1.807, 2.05) is 6.92 Å². The fraction of sp³-hybridized carbons (Fsp3) is 0.917. The lowest BCUT2D eigenvalue weighted by molar-refractivity contribution is -0.392. The number of carboxylic acids is 1. The van der Waals surface area contributed by atoms with Crippen LogP contribution in [0.25, 0.3) is 0 Å². The molecule has 1 N–H and O–H groups in total. The van der Waals surface area contributed by atoms with Crippen LogP contribution in [0.15, 0.2) is 0 Å². The summed E-state index contributed by atoms with van der Waals surface area (Å²) < 4.78 is 85.6. The van der Waals surface area contributed by atoms with Gasteiger partial charge in [-0.3, -0.25) is 0 Å². The van der Waals surface area contributed by atoms with Crippen molar-refractivity contribution in [3.05, 3.63) is 0 Å². The lowest BCUT2D eigenvalue weighted by atomic mass is 10.1. The zero-order valence-electron chi connectivity index (χ0n) is 11.9. The smallest absolute Gasteiger partial charge is 0.426 e. The van der Waals surface area contributed by atoms with Gasteiger partial charge < -0.3 is 14.6 Å². The van der Waals surface area contributed by atoms with Gasteiger partial charge in [0.1, 0.15) is 0 Å². The van der Waals surface area contributed by atoms with Crippen LogP contribution in [-0.4, -0.2) is 48.9 Å². The lowest BCUT2D eigenvalue weighted by Gasteiger charge is -2.29. The largest absolute Gasteiger partial charge is 0.477 e. The maximum Gasteiger partial charge on any atom is 0.426 e. The highest BCUT2D eigenvalue weighted by atomic mass is 19.3.